The van der Waals surface area contributed by atoms with Crippen molar-refractivity contribution in [2.24, 2.45) is 11.3 Å². The van der Waals surface area contributed by atoms with Crippen molar-refractivity contribution in [3.8, 4) is 0 Å². The lowest BCUT2D eigenvalue weighted by Crippen LogP contribution is -2.54. The molecule has 0 N–H and O–H groups in total. The molecule has 1 aromatic carbocycles. The first-order chi connectivity index (χ1) is 15.2. The number of hydrogen-bond donors (Lipinski definition) is 0. The second-order valence-electron chi connectivity index (χ2n) is 9.92. The largest absolute Gasteiger partial charge is 0.464 e. The maximum absolute atomic E-state index is 14.2. The Balaban J connectivity index is 2.43. The van der Waals surface area contributed by atoms with E-state index in [2.05, 4.69) is 13.8 Å². The van der Waals surface area contributed by atoms with Crippen LogP contribution in [-0.4, -0.2) is 23.5 Å². The number of hydrogen-bond acceptors (Lipinski definition) is 4. The van der Waals surface area contributed by atoms with Gasteiger partial charge in [0.05, 0.1) is 12.0 Å². The number of carbonyl (C=O) groups is 2. The summed E-state index contributed by atoms with van der Waals surface area (Å²) in [6.07, 6.45) is 8.00. The second kappa shape index (κ2) is 11.5. The highest BCUT2D eigenvalue weighted by atomic mass is 31.1. The van der Waals surface area contributed by atoms with Crippen LogP contribution in [0.5, 0.6) is 0 Å². The molecule has 0 heterocycles. The summed E-state index contributed by atoms with van der Waals surface area (Å²) in [6, 6.07) is 4.03. The molecule has 2 unspecified atom stereocenters. The first-order valence-electron chi connectivity index (χ1n) is 12.3. The van der Waals surface area contributed by atoms with E-state index in [4.69, 9.17) is 4.74 Å². The van der Waals surface area contributed by atoms with Gasteiger partial charge in [-0.25, -0.2) is 0 Å². The van der Waals surface area contributed by atoms with Gasteiger partial charge in [0, 0.05) is 5.56 Å². The molecule has 1 fully saturated rings. The molecule has 4 nitrogen and oxygen atoms in total. The third-order valence-electron chi connectivity index (χ3n) is 7.55. The summed E-state index contributed by atoms with van der Waals surface area (Å²) < 4.78 is 18.5. The fourth-order valence-corrected chi connectivity index (χ4v) is 6.06. The first kappa shape index (κ1) is 26.7. The monoisotopic (exact) mass is 460 g/mol. The molecule has 2 atom stereocenters. The zero-order valence-corrected chi connectivity index (χ0v) is 21.8. The molecule has 1 aliphatic rings. The number of aryl methyl sites for hydroxylation is 3. The van der Waals surface area contributed by atoms with Gasteiger partial charge >= 0.3 is 5.97 Å². The quantitative estimate of drug-likeness (QED) is 0.194. The highest BCUT2D eigenvalue weighted by Crippen LogP contribution is 2.54. The van der Waals surface area contributed by atoms with Gasteiger partial charge in [-0.05, 0) is 64.0 Å². The van der Waals surface area contributed by atoms with E-state index in [0.717, 1.165) is 61.6 Å². The van der Waals surface area contributed by atoms with Gasteiger partial charge in [-0.15, -0.1) is 0 Å². The predicted molar refractivity (Wildman–Crippen MR) is 131 cm³/mol. The van der Waals surface area contributed by atoms with Crippen LogP contribution in [0.15, 0.2) is 12.1 Å². The van der Waals surface area contributed by atoms with Gasteiger partial charge < -0.3 is 4.74 Å². The fraction of sp³-hybridized carbons (Fsp3) is 0.704. The standard InChI is InChI=1S/C27H41O4P/c1-7-9-13-22(8-2)18-31-25(29)26(6,32-30)27(14-11-10-12-15-27)24(28)23-20(4)16-19(3)17-21(23)5/h16-17,22H,7-15,18H2,1-6H3. The highest BCUT2D eigenvalue weighted by molar-refractivity contribution is 7.28. The van der Waals surface area contributed by atoms with Crippen LogP contribution in [0.3, 0.4) is 0 Å². The number of ether oxygens (including phenoxy) is 1. The summed E-state index contributed by atoms with van der Waals surface area (Å²) >= 11 is 0. The predicted octanol–water partition coefficient (Wildman–Crippen LogP) is 7.56. The number of carbonyl (C=O) groups excluding carboxylic acids is 2. The lowest BCUT2D eigenvalue weighted by atomic mass is 9.61. The van der Waals surface area contributed by atoms with Gasteiger partial charge in [-0.3, -0.25) is 14.2 Å². The zero-order valence-electron chi connectivity index (χ0n) is 20.9. The van der Waals surface area contributed by atoms with Crippen LogP contribution in [0.25, 0.3) is 0 Å². The first-order valence-corrected chi connectivity index (χ1v) is 13.1. The van der Waals surface area contributed by atoms with Crippen molar-refractivity contribution in [2.45, 2.75) is 104 Å². The topological polar surface area (TPSA) is 60.4 Å². The number of ketones is 1. The summed E-state index contributed by atoms with van der Waals surface area (Å²) in [5.41, 5.74) is 2.61. The Bertz CT molecular complexity index is 802. The van der Waals surface area contributed by atoms with Gasteiger partial charge in [0.15, 0.2) is 19.4 Å². The molecular formula is C27H41O4P. The Morgan fingerprint density at radius 3 is 2.19 bits per heavy atom. The Labute approximate surface area is 196 Å². The van der Waals surface area contributed by atoms with Crippen molar-refractivity contribution in [1.82, 2.24) is 0 Å². The third-order valence-corrected chi connectivity index (χ3v) is 8.53. The van der Waals surface area contributed by atoms with Crippen molar-refractivity contribution < 1.29 is 18.9 Å². The molecular weight excluding hydrogens is 419 g/mol. The number of Topliss-reactive ketones (excluding diaryl/α,β-unsaturated/α-hetero) is 1. The molecule has 1 aromatic rings. The summed E-state index contributed by atoms with van der Waals surface area (Å²) in [5, 5.41) is -1.39. The summed E-state index contributed by atoms with van der Waals surface area (Å²) in [7, 11) is -0.336. The minimum absolute atomic E-state index is 0.0481. The molecule has 1 saturated carbocycles. The van der Waals surface area contributed by atoms with Crippen molar-refractivity contribution in [3.05, 3.63) is 34.4 Å². The van der Waals surface area contributed by atoms with E-state index in [9.17, 15) is 14.2 Å². The average Bonchev–Trinajstić information content (AvgIpc) is 2.78. The van der Waals surface area contributed by atoms with Crippen LogP contribution in [0.1, 0.15) is 106 Å². The van der Waals surface area contributed by atoms with E-state index in [-0.39, 0.29) is 14.2 Å². The van der Waals surface area contributed by atoms with Crippen LogP contribution in [0.4, 0.5) is 0 Å². The molecule has 0 aromatic heterocycles. The van der Waals surface area contributed by atoms with Crippen LogP contribution in [0.2, 0.25) is 0 Å². The summed E-state index contributed by atoms with van der Waals surface area (Å²) in [6.45, 7) is 12.2. The van der Waals surface area contributed by atoms with Crippen molar-refractivity contribution in [2.75, 3.05) is 6.61 Å². The molecule has 32 heavy (non-hydrogen) atoms. The molecule has 0 bridgehead atoms. The number of benzene rings is 1. The van der Waals surface area contributed by atoms with E-state index in [1.54, 1.807) is 6.92 Å². The van der Waals surface area contributed by atoms with Crippen molar-refractivity contribution in [3.63, 3.8) is 0 Å². The maximum atomic E-state index is 14.2. The molecule has 5 heteroatoms. The Hall–Kier alpha value is -1.54. The van der Waals surface area contributed by atoms with Gasteiger partial charge in [-0.1, -0.05) is 70.1 Å². The summed E-state index contributed by atoms with van der Waals surface area (Å²) in [4.78, 5) is 27.6. The molecule has 0 amide bonds. The normalized spacial score (nSPS) is 18.7. The Morgan fingerprint density at radius 1 is 1.09 bits per heavy atom. The van der Waals surface area contributed by atoms with Crippen LogP contribution < -0.4 is 0 Å². The van der Waals surface area contributed by atoms with Crippen LogP contribution >= 0.6 is 8.46 Å². The van der Waals surface area contributed by atoms with Crippen molar-refractivity contribution in [1.29, 1.82) is 0 Å². The highest BCUT2D eigenvalue weighted by Gasteiger charge is 2.60. The van der Waals surface area contributed by atoms with Gasteiger partial charge in [0.25, 0.3) is 0 Å². The van der Waals surface area contributed by atoms with Gasteiger partial charge in [0.2, 0.25) is 0 Å². The Morgan fingerprint density at radius 2 is 1.69 bits per heavy atom. The minimum Gasteiger partial charge on any atom is -0.464 e. The molecule has 0 aliphatic heterocycles. The number of esters is 1. The van der Waals surface area contributed by atoms with Gasteiger partial charge in [-0.2, -0.15) is 0 Å². The maximum Gasteiger partial charge on any atom is 0.324 e. The third kappa shape index (κ3) is 5.33. The van der Waals surface area contributed by atoms with E-state index in [0.29, 0.717) is 30.9 Å². The summed E-state index contributed by atoms with van der Waals surface area (Å²) in [5.74, 6) is -0.249. The van der Waals surface area contributed by atoms with Crippen molar-refractivity contribution >= 4 is 20.2 Å². The number of unbranched alkanes of at least 4 members (excludes halogenated alkanes) is 1. The van der Waals surface area contributed by atoms with Crippen LogP contribution in [-0.2, 0) is 14.1 Å². The van der Waals surface area contributed by atoms with E-state index in [1.807, 2.05) is 32.9 Å². The fourth-order valence-electron chi connectivity index (χ4n) is 5.42. The second-order valence-corrected chi connectivity index (χ2v) is 11.0. The average molecular weight is 461 g/mol. The molecule has 178 valence electrons. The SMILES string of the molecule is CCCCC(CC)COC(=O)C(C)(P=O)C1(C(=O)c2c(C)cc(C)cc2C)CCCCC1. The molecule has 0 spiro atoms. The Kier molecular flexibility index (Phi) is 9.64. The minimum atomic E-state index is -1.39. The molecule has 1 aliphatic carbocycles. The van der Waals surface area contributed by atoms with E-state index >= 15 is 0 Å². The molecule has 0 saturated heterocycles. The lowest BCUT2D eigenvalue weighted by Gasteiger charge is -2.45. The molecule has 2 rings (SSSR count). The zero-order chi connectivity index (χ0) is 23.9. The van der Waals surface area contributed by atoms with E-state index in [1.165, 1.54) is 0 Å². The molecule has 0 radical (unpaired) electrons. The number of rotatable bonds is 11. The smallest absolute Gasteiger partial charge is 0.324 e. The van der Waals surface area contributed by atoms with Crippen LogP contribution in [0, 0.1) is 32.1 Å². The lowest BCUT2D eigenvalue weighted by molar-refractivity contribution is -0.151. The van der Waals surface area contributed by atoms with E-state index < -0.39 is 16.5 Å². The van der Waals surface area contributed by atoms with Gasteiger partial charge in [0.1, 0.15) is 0 Å².